The summed E-state index contributed by atoms with van der Waals surface area (Å²) in [5, 5.41) is 25.1. The van der Waals surface area contributed by atoms with Crippen molar-refractivity contribution in [1.29, 1.82) is 0 Å². The van der Waals surface area contributed by atoms with Gasteiger partial charge < -0.3 is 31.9 Å². The molecule has 7 N–H and O–H groups in total. The fraction of sp³-hybridized carbons (Fsp3) is 0.500. The zero-order valence-corrected chi connectivity index (χ0v) is 18.9. The first-order chi connectivity index (χ1) is 15.5. The second-order valence-corrected chi connectivity index (χ2v) is 7.89. The second kappa shape index (κ2) is 13.2. The molecule has 11 nitrogen and oxygen atoms in total. The van der Waals surface area contributed by atoms with Crippen LogP contribution in [0.5, 0.6) is 0 Å². The first-order valence-corrected chi connectivity index (χ1v) is 10.6. The summed E-state index contributed by atoms with van der Waals surface area (Å²) < 4.78 is 0. The predicted octanol–water partition coefficient (Wildman–Crippen LogP) is -0.364. The van der Waals surface area contributed by atoms with Gasteiger partial charge in [0.2, 0.25) is 17.7 Å². The molecule has 1 aromatic carbocycles. The molecule has 0 heterocycles. The molecule has 0 aromatic heterocycles. The Kier molecular flexibility index (Phi) is 11.0. The number of nitrogens with one attached hydrogen (secondary N) is 3. The second-order valence-electron chi connectivity index (χ2n) is 7.89. The molecule has 1 aromatic rings. The molecule has 0 bridgehead atoms. The summed E-state index contributed by atoms with van der Waals surface area (Å²) >= 11 is 0. The summed E-state index contributed by atoms with van der Waals surface area (Å²) in [6, 6.07) is 3.94. The molecule has 5 unspecified atom stereocenters. The van der Waals surface area contributed by atoms with Crippen molar-refractivity contribution in [1.82, 2.24) is 16.0 Å². The lowest BCUT2D eigenvalue weighted by Crippen LogP contribution is -2.58. The van der Waals surface area contributed by atoms with Gasteiger partial charge in [-0.2, -0.15) is 0 Å². The van der Waals surface area contributed by atoms with Gasteiger partial charge in [0.1, 0.15) is 18.1 Å². The third-order valence-electron chi connectivity index (χ3n) is 5.22. The molecule has 0 saturated carbocycles. The standard InChI is InChI=1S/C22H32N4O7/c1-4-12(2)18(23)21(31)26-15(10-14-8-6-5-7-9-14)20(30)25-16(11-17(27)28)19(29)24-13(3)22(32)33/h5-9,12-13,15-16,18H,4,10-11,23H2,1-3H3,(H,24,29)(H,25,30)(H,26,31)(H,27,28)(H,32,33). The molecule has 0 spiro atoms. The smallest absolute Gasteiger partial charge is 0.325 e. The van der Waals surface area contributed by atoms with E-state index in [0.717, 1.165) is 0 Å². The normalized spacial score (nSPS) is 15.3. The van der Waals surface area contributed by atoms with Crippen molar-refractivity contribution < 1.29 is 34.2 Å². The van der Waals surface area contributed by atoms with Crippen LogP contribution in [0.3, 0.4) is 0 Å². The molecule has 0 radical (unpaired) electrons. The molecule has 1 rings (SSSR count). The third kappa shape index (κ3) is 9.27. The van der Waals surface area contributed by atoms with Gasteiger partial charge in [-0.05, 0) is 18.4 Å². The Morgan fingerprint density at radius 1 is 0.879 bits per heavy atom. The lowest BCUT2D eigenvalue weighted by atomic mass is 9.98. The molecule has 3 amide bonds. The number of amides is 3. The van der Waals surface area contributed by atoms with Crippen LogP contribution in [-0.2, 0) is 30.4 Å². The molecule has 11 heteroatoms. The van der Waals surface area contributed by atoms with Crippen LogP contribution in [0.15, 0.2) is 30.3 Å². The number of carbonyl (C=O) groups excluding carboxylic acids is 3. The van der Waals surface area contributed by atoms with E-state index in [-0.39, 0.29) is 12.3 Å². The third-order valence-corrected chi connectivity index (χ3v) is 5.22. The minimum atomic E-state index is -1.55. The lowest BCUT2D eigenvalue weighted by Gasteiger charge is -2.25. The highest BCUT2D eigenvalue weighted by atomic mass is 16.4. The van der Waals surface area contributed by atoms with Crippen LogP contribution >= 0.6 is 0 Å². The highest BCUT2D eigenvalue weighted by Crippen LogP contribution is 2.08. The van der Waals surface area contributed by atoms with E-state index in [1.54, 1.807) is 37.3 Å². The first kappa shape index (κ1) is 27.6. The quantitative estimate of drug-likeness (QED) is 0.228. The van der Waals surface area contributed by atoms with Gasteiger partial charge in [0.25, 0.3) is 0 Å². The molecule has 0 aliphatic carbocycles. The number of carboxylic acid groups (broad SMARTS) is 2. The van der Waals surface area contributed by atoms with E-state index in [1.807, 2.05) is 6.92 Å². The first-order valence-electron chi connectivity index (χ1n) is 10.6. The maximum Gasteiger partial charge on any atom is 0.325 e. The Balaban J connectivity index is 3.08. The van der Waals surface area contributed by atoms with E-state index in [1.165, 1.54) is 6.92 Å². The summed E-state index contributed by atoms with van der Waals surface area (Å²) in [6.07, 6.45) is -0.0619. The predicted molar refractivity (Wildman–Crippen MR) is 119 cm³/mol. The van der Waals surface area contributed by atoms with E-state index < -0.39 is 60.2 Å². The average Bonchev–Trinajstić information content (AvgIpc) is 2.77. The fourth-order valence-electron chi connectivity index (χ4n) is 2.87. The van der Waals surface area contributed by atoms with Crippen LogP contribution in [0.25, 0.3) is 0 Å². The molecule has 0 aliphatic rings. The van der Waals surface area contributed by atoms with Gasteiger partial charge in [0, 0.05) is 6.42 Å². The monoisotopic (exact) mass is 464 g/mol. The number of carbonyl (C=O) groups is 5. The molecular weight excluding hydrogens is 432 g/mol. The zero-order chi connectivity index (χ0) is 25.1. The van der Waals surface area contributed by atoms with Crippen molar-refractivity contribution in [2.75, 3.05) is 0 Å². The number of hydrogen-bond donors (Lipinski definition) is 6. The number of hydrogen-bond acceptors (Lipinski definition) is 6. The van der Waals surface area contributed by atoms with Crippen LogP contribution in [0.4, 0.5) is 0 Å². The molecule has 0 aliphatic heterocycles. The number of aliphatic carboxylic acids is 2. The van der Waals surface area contributed by atoms with E-state index in [9.17, 15) is 24.0 Å². The summed E-state index contributed by atoms with van der Waals surface area (Å²) in [5.41, 5.74) is 6.69. The Bertz CT molecular complexity index is 846. The molecule has 5 atom stereocenters. The molecule has 33 heavy (non-hydrogen) atoms. The van der Waals surface area contributed by atoms with Gasteiger partial charge >= 0.3 is 11.9 Å². The topological polar surface area (TPSA) is 188 Å². The van der Waals surface area contributed by atoms with Crippen LogP contribution in [0, 0.1) is 5.92 Å². The van der Waals surface area contributed by atoms with Crippen molar-refractivity contribution in [3.05, 3.63) is 35.9 Å². The number of carboxylic acids is 2. The summed E-state index contributed by atoms with van der Waals surface area (Å²) in [7, 11) is 0. The van der Waals surface area contributed by atoms with Crippen molar-refractivity contribution >= 4 is 29.7 Å². The summed E-state index contributed by atoms with van der Waals surface area (Å²) in [5.74, 6) is -5.17. The van der Waals surface area contributed by atoms with E-state index in [0.29, 0.717) is 12.0 Å². The fourth-order valence-corrected chi connectivity index (χ4v) is 2.87. The number of rotatable bonds is 13. The van der Waals surface area contributed by atoms with Gasteiger partial charge in [-0.25, -0.2) is 0 Å². The highest BCUT2D eigenvalue weighted by molar-refractivity contribution is 5.95. The zero-order valence-electron chi connectivity index (χ0n) is 18.9. The van der Waals surface area contributed by atoms with Crippen LogP contribution in [0.2, 0.25) is 0 Å². The average molecular weight is 465 g/mol. The van der Waals surface area contributed by atoms with E-state index in [2.05, 4.69) is 16.0 Å². The highest BCUT2D eigenvalue weighted by Gasteiger charge is 2.31. The van der Waals surface area contributed by atoms with Crippen LogP contribution in [-0.4, -0.2) is 64.0 Å². The van der Waals surface area contributed by atoms with Gasteiger partial charge in [0.05, 0.1) is 12.5 Å². The molecular formula is C22H32N4O7. The molecule has 0 fully saturated rings. The van der Waals surface area contributed by atoms with Crippen molar-refractivity contribution in [2.45, 2.75) is 64.2 Å². The van der Waals surface area contributed by atoms with Crippen molar-refractivity contribution in [2.24, 2.45) is 11.7 Å². The SMILES string of the molecule is CCC(C)C(N)C(=O)NC(Cc1ccccc1)C(=O)NC(CC(=O)O)C(=O)NC(C)C(=O)O. The Hall–Kier alpha value is -3.47. The van der Waals surface area contributed by atoms with Gasteiger partial charge in [-0.3, -0.25) is 24.0 Å². The van der Waals surface area contributed by atoms with E-state index >= 15 is 0 Å². The Morgan fingerprint density at radius 2 is 1.42 bits per heavy atom. The molecule has 182 valence electrons. The minimum absolute atomic E-state index is 0.0680. The van der Waals surface area contributed by atoms with E-state index in [4.69, 9.17) is 15.9 Å². The van der Waals surface area contributed by atoms with Crippen LogP contribution < -0.4 is 21.7 Å². The van der Waals surface area contributed by atoms with Gasteiger partial charge in [-0.15, -0.1) is 0 Å². The van der Waals surface area contributed by atoms with Crippen LogP contribution in [0.1, 0.15) is 39.2 Å². The van der Waals surface area contributed by atoms with Gasteiger partial charge in [-0.1, -0.05) is 50.6 Å². The Morgan fingerprint density at radius 3 is 1.94 bits per heavy atom. The lowest BCUT2D eigenvalue weighted by molar-refractivity contribution is -0.143. The minimum Gasteiger partial charge on any atom is -0.481 e. The molecule has 0 saturated heterocycles. The summed E-state index contributed by atoms with van der Waals surface area (Å²) in [6.45, 7) is 4.88. The maximum atomic E-state index is 13.0. The number of benzene rings is 1. The Labute approximate surface area is 192 Å². The maximum absolute atomic E-state index is 13.0. The van der Waals surface area contributed by atoms with Gasteiger partial charge in [0.15, 0.2) is 0 Å². The largest absolute Gasteiger partial charge is 0.481 e. The van der Waals surface area contributed by atoms with Crippen molar-refractivity contribution in [3.8, 4) is 0 Å². The van der Waals surface area contributed by atoms with Crippen molar-refractivity contribution in [3.63, 3.8) is 0 Å². The summed E-state index contributed by atoms with van der Waals surface area (Å²) in [4.78, 5) is 60.2. The number of nitrogens with two attached hydrogens (primary N) is 1.